The van der Waals surface area contributed by atoms with E-state index in [1.54, 1.807) is 16.7 Å². The number of hydrogen-bond acceptors (Lipinski definition) is 5. The summed E-state index contributed by atoms with van der Waals surface area (Å²) in [6.45, 7) is 1.75. The van der Waals surface area contributed by atoms with E-state index in [1.165, 1.54) is 47.8 Å². The van der Waals surface area contributed by atoms with Gasteiger partial charge >= 0.3 is 0 Å². The smallest absolute Gasteiger partial charge is 0.258 e. The quantitative estimate of drug-likeness (QED) is 0.712. The van der Waals surface area contributed by atoms with Gasteiger partial charge in [-0.05, 0) is 45.1 Å². The van der Waals surface area contributed by atoms with Crippen LogP contribution >= 0.6 is 11.3 Å². The molecule has 0 unspecified atom stereocenters. The summed E-state index contributed by atoms with van der Waals surface area (Å²) in [7, 11) is 2.17. The fraction of sp³-hybridized carbons (Fsp3) is 0.526. The molecule has 1 atom stereocenters. The SMILES string of the molecule is Cn1c([C@H]2CCCN2Cc2cc(=O)n3ccsc3n2)nc2c1CCCC2. The highest BCUT2D eigenvalue weighted by Gasteiger charge is 2.31. The number of fused-ring (bicyclic) bond motifs is 2. The van der Waals surface area contributed by atoms with E-state index in [1.807, 2.05) is 5.38 Å². The molecule has 136 valence electrons. The first-order valence-corrected chi connectivity index (χ1v) is 10.3. The van der Waals surface area contributed by atoms with Gasteiger partial charge in [-0.3, -0.25) is 14.1 Å². The Morgan fingerprint density at radius 1 is 1.23 bits per heavy atom. The van der Waals surface area contributed by atoms with E-state index in [9.17, 15) is 4.79 Å². The molecule has 3 aromatic heterocycles. The molecular formula is C19H23N5OS. The van der Waals surface area contributed by atoms with Crippen molar-refractivity contribution in [1.82, 2.24) is 23.8 Å². The van der Waals surface area contributed by atoms with E-state index in [-0.39, 0.29) is 5.56 Å². The molecule has 1 fully saturated rings. The number of aromatic nitrogens is 4. The van der Waals surface area contributed by atoms with Crippen molar-refractivity contribution in [3.63, 3.8) is 0 Å². The van der Waals surface area contributed by atoms with Crippen molar-refractivity contribution in [3.05, 3.63) is 50.9 Å². The van der Waals surface area contributed by atoms with Gasteiger partial charge < -0.3 is 4.57 Å². The minimum absolute atomic E-state index is 0.00875. The van der Waals surface area contributed by atoms with Crippen LogP contribution in [0.15, 0.2) is 22.4 Å². The van der Waals surface area contributed by atoms with Crippen molar-refractivity contribution in [3.8, 4) is 0 Å². The first-order valence-electron chi connectivity index (χ1n) is 9.45. The normalized spacial score (nSPS) is 20.7. The zero-order chi connectivity index (χ0) is 17.7. The molecule has 4 heterocycles. The molecule has 0 bridgehead atoms. The minimum atomic E-state index is 0.00875. The number of hydrogen-bond donors (Lipinski definition) is 0. The average Bonchev–Trinajstić information content (AvgIpc) is 3.35. The summed E-state index contributed by atoms with van der Waals surface area (Å²) in [6, 6.07) is 2.01. The van der Waals surface area contributed by atoms with E-state index in [4.69, 9.17) is 4.98 Å². The van der Waals surface area contributed by atoms with Crippen LogP contribution in [-0.2, 0) is 26.4 Å². The van der Waals surface area contributed by atoms with Crippen LogP contribution in [0.5, 0.6) is 0 Å². The number of thiazole rings is 1. The lowest BCUT2D eigenvalue weighted by Gasteiger charge is -2.24. The van der Waals surface area contributed by atoms with Crippen molar-refractivity contribution >= 4 is 16.3 Å². The zero-order valence-corrected chi connectivity index (χ0v) is 15.8. The maximum absolute atomic E-state index is 12.3. The van der Waals surface area contributed by atoms with Gasteiger partial charge in [0.15, 0.2) is 4.96 Å². The molecule has 3 aromatic rings. The second-order valence-electron chi connectivity index (χ2n) is 7.40. The number of rotatable bonds is 3. The van der Waals surface area contributed by atoms with E-state index in [0.29, 0.717) is 12.6 Å². The van der Waals surface area contributed by atoms with Gasteiger partial charge in [-0.15, -0.1) is 11.3 Å². The Balaban J connectivity index is 1.45. The summed E-state index contributed by atoms with van der Waals surface area (Å²) in [6.07, 6.45) is 8.88. The first kappa shape index (κ1) is 16.2. The Labute approximate surface area is 156 Å². The summed E-state index contributed by atoms with van der Waals surface area (Å²) < 4.78 is 3.95. The molecule has 2 aliphatic rings. The third-order valence-corrected chi connectivity index (χ3v) is 6.55. The molecule has 1 aliphatic carbocycles. The van der Waals surface area contributed by atoms with Gasteiger partial charge in [-0.25, -0.2) is 9.97 Å². The van der Waals surface area contributed by atoms with Gasteiger partial charge in [0.05, 0.1) is 17.4 Å². The van der Waals surface area contributed by atoms with Crippen molar-refractivity contribution in [2.24, 2.45) is 7.05 Å². The van der Waals surface area contributed by atoms with Crippen LogP contribution in [0.2, 0.25) is 0 Å². The van der Waals surface area contributed by atoms with E-state index in [2.05, 4.69) is 21.5 Å². The molecule has 0 radical (unpaired) electrons. The highest BCUT2D eigenvalue weighted by atomic mass is 32.1. The maximum Gasteiger partial charge on any atom is 0.258 e. The molecule has 0 N–H and O–H groups in total. The topological polar surface area (TPSA) is 55.4 Å². The van der Waals surface area contributed by atoms with Gasteiger partial charge in [0.2, 0.25) is 0 Å². The predicted molar refractivity (Wildman–Crippen MR) is 102 cm³/mol. The summed E-state index contributed by atoms with van der Waals surface area (Å²) in [5.41, 5.74) is 3.60. The van der Waals surface area contributed by atoms with Gasteiger partial charge in [0.1, 0.15) is 5.82 Å². The Bertz CT molecular complexity index is 1020. The fourth-order valence-electron chi connectivity index (χ4n) is 4.49. The van der Waals surface area contributed by atoms with E-state index in [0.717, 1.165) is 36.5 Å². The van der Waals surface area contributed by atoms with E-state index >= 15 is 0 Å². The predicted octanol–water partition coefficient (Wildman–Crippen LogP) is 2.71. The summed E-state index contributed by atoms with van der Waals surface area (Å²) in [5.74, 6) is 1.20. The minimum Gasteiger partial charge on any atom is -0.334 e. The van der Waals surface area contributed by atoms with Crippen molar-refractivity contribution in [2.45, 2.75) is 51.1 Å². The van der Waals surface area contributed by atoms with Gasteiger partial charge in [0.25, 0.3) is 5.56 Å². The highest BCUT2D eigenvalue weighted by Crippen LogP contribution is 2.34. The number of nitrogens with zero attached hydrogens (tertiary/aromatic N) is 5. The zero-order valence-electron chi connectivity index (χ0n) is 15.0. The molecule has 0 aromatic carbocycles. The van der Waals surface area contributed by atoms with Gasteiger partial charge in [-0.1, -0.05) is 0 Å². The average molecular weight is 369 g/mol. The Morgan fingerprint density at radius 2 is 2.12 bits per heavy atom. The molecule has 26 heavy (non-hydrogen) atoms. The third-order valence-electron chi connectivity index (χ3n) is 5.79. The second-order valence-corrected chi connectivity index (χ2v) is 8.27. The molecule has 0 spiro atoms. The Hall–Kier alpha value is -1.99. The van der Waals surface area contributed by atoms with Crippen LogP contribution in [-0.4, -0.2) is 30.4 Å². The van der Waals surface area contributed by atoms with Crippen molar-refractivity contribution < 1.29 is 0 Å². The van der Waals surface area contributed by atoms with Crippen LogP contribution in [0.25, 0.3) is 4.96 Å². The lowest BCUT2D eigenvalue weighted by atomic mass is 10.0. The number of likely N-dealkylation sites (tertiary alicyclic amines) is 1. The molecule has 7 heteroatoms. The molecular weight excluding hydrogens is 346 g/mol. The molecule has 1 saturated heterocycles. The van der Waals surface area contributed by atoms with Gasteiger partial charge in [-0.2, -0.15) is 0 Å². The largest absolute Gasteiger partial charge is 0.334 e. The van der Waals surface area contributed by atoms with Crippen molar-refractivity contribution in [1.29, 1.82) is 0 Å². The summed E-state index contributed by atoms with van der Waals surface area (Å²) >= 11 is 1.51. The maximum atomic E-state index is 12.3. The number of imidazole rings is 1. The van der Waals surface area contributed by atoms with Crippen LogP contribution in [0.1, 0.15) is 54.6 Å². The molecule has 0 amide bonds. The standard InChI is InChI=1S/C19H23N5OS/c1-22-15-6-3-2-5-14(15)21-18(22)16-7-4-8-23(16)12-13-11-17(25)24-9-10-26-19(24)20-13/h9-11,16H,2-8,12H2,1H3/t16-/m1/s1. The molecule has 6 nitrogen and oxygen atoms in total. The van der Waals surface area contributed by atoms with Gasteiger partial charge in [0, 0.05) is 36.9 Å². The number of aryl methyl sites for hydroxylation is 1. The summed E-state index contributed by atoms with van der Waals surface area (Å²) in [4.78, 5) is 25.2. The summed E-state index contributed by atoms with van der Waals surface area (Å²) in [5, 5.41) is 1.91. The lowest BCUT2D eigenvalue weighted by molar-refractivity contribution is 0.233. The monoisotopic (exact) mass is 369 g/mol. The van der Waals surface area contributed by atoms with Crippen LogP contribution in [0, 0.1) is 0 Å². The Morgan fingerprint density at radius 3 is 3.00 bits per heavy atom. The molecule has 0 saturated carbocycles. The van der Waals surface area contributed by atoms with Crippen LogP contribution < -0.4 is 5.56 Å². The Kier molecular flexibility index (Phi) is 3.94. The van der Waals surface area contributed by atoms with Crippen molar-refractivity contribution in [2.75, 3.05) is 6.54 Å². The van der Waals surface area contributed by atoms with E-state index < -0.39 is 0 Å². The molecule has 1 aliphatic heterocycles. The third kappa shape index (κ3) is 2.61. The molecule has 5 rings (SSSR count). The highest BCUT2D eigenvalue weighted by molar-refractivity contribution is 7.15. The van der Waals surface area contributed by atoms with Crippen LogP contribution in [0.3, 0.4) is 0 Å². The fourth-order valence-corrected chi connectivity index (χ4v) is 5.23. The lowest BCUT2D eigenvalue weighted by Crippen LogP contribution is -2.26. The van der Waals surface area contributed by atoms with Crippen LogP contribution in [0.4, 0.5) is 0 Å². The second kappa shape index (κ2) is 6.32. The first-order chi connectivity index (χ1) is 12.7.